The first-order valence-electron chi connectivity index (χ1n) is 8.93. The Labute approximate surface area is 142 Å². The maximum Gasteiger partial charge on any atom is 0.320 e. The van der Waals surface area contributed by atoms with E-state index in [4.69, 9.17) is 0 Å². The molecule has 0 aromatic carbocycles. The zero-order valence-corrected chi connectivity index (χ0v) is 14.5. The topological polar surface area (TPSA) is 79.3 Å². The van der Waals surface area contributed by atoms with Crippen LogP contribution in [0.2, 0.25) is 0 Å². The van der Waals surface area contributed by atoms with Crippen LogP contribution in [0.4, 0.5) is 10.6 Å². The van der Waals surface area contributed by atoms with E-state index in [0.29, 0.717) is 31.5 Å². The minimum atomic E-state index is -0.243. The van der Waals surface area contributed by atoms with Crippen molar-refractivity contribution in [1.82, 2.24) is 20.0 Å². The van der Waals surface area contributed by atoms with Crippen LogP contribution in [0.5, 0.6) is 0 Å². The van der Waals surface area contributed by atoms with E-state index >= 15 is 0 Å². The predicted octanol–water partition coefficient (Wildman–Crippen LogP) is 2.30. The third-order valence-corrected chi connectivity index (χ3v) is 4.99. The van der Waals surface area contributed by atoms with Gasteiger partial charge in [0.1, 0.15) is 5.82 Å². The van der Waals surface area contributed by atoms with Crippen LogP contribution in [0.3, 0.4) is 0 Å². The highest BCUT2D eigenvalue weighted by atomic mass is 16.2. The van der Waals surface area contributed by atoms with Gasteiger partial charge in [-0.1, -0.05) is 0 Å². The molecule has 2 fully saturated rings. The molecule has 1 aromatic heterocycles. The number of hydrogen-bond donors (Lipinski definition) is 2. The van der Waals surface area contributed by atoms with Gasteiger partial charge in [-0.05, 0) is 45.4 Å². The van der Waals surface area contributed by atoms with Crippen molar-refractivity contribution < 1.29 is 9.59 Å². The van der Waals surface area contributed by atoms with E-state index in [1.54, 1.807) is 6.20 Å². The summed E-state index contributed by atoms with van der Waals surface area (Å²) in [6.07, 6.45) is 6.91. The monoisotopic (exact) mass is 333 g/mol. The first-order chi connectivity index (χ1) is 11.6. The van der Waals surface area contributed by atoms with Crippen molar-refractivity contribution in [3.8, 4) is 0 Å². The largest absolute Gasteiger partial charge is 0.341 e. The molecule has 24 heavy (non-hydrogen) atoms. The Morgan fingerprint density at radius 2 is 2.21 bits per heavy atom. The summed E-state index contributed by atoms with van der Waals surface area (Å²) >= 11 is 0. The predicted molar refractivity (Wildman–Crippen MR) is 91.9 cm³/mol. The summed E-state index contributed by atoms with van der Waals surface area (Å²) < 4.78 is 1.92. The number of carbonyl (C=O) groups is 2. The molecule has 3 rings (SSSR count). The fourth-order valence-corrected chi connectivity index (χ4v) is 3.25. The Balaban J connectivity index is 1.50. The lowest BCUT2D eigenvalue weighted by Crippen LogP contribution is -2.42. The molecule has 7 heteroatoms. The zero-order chi connectivity index (χ0) is 17.1. The quantitative estimate of drug-likeness (QED) is 0.838. The molecule has 0 bridgehead atoms. The lowest BCUT2D eigenvalue weighted by Gasteiger charge is -2.26. The molecule has 3 amide bonds. The van der Waals surface area contributed by atoms with Gasteiger partial charge in [0.05, 0.1) is 12.2 Å². The summed E-state index contributed by atoms with van der Waals surface area (Å²) in [7, 11) is 0. The van der Waals surface area contributed by atoms with Crippen LogP contribution in [-0.2, 0) is 4.79 Å². The Bertz CT molecular complexity index is 608. The first kappa shape index (κ1) is 16.8. The van der Waals surface area contributed by atoms with Gasteiger partial charge < -0.3 is 10.2 Å². The fourth-order valence-electron chi connectivity index (χ4n) is 3.25. The van der Waals surface area contributed by atoms with Crippen molar-refractivity contribution in [2.75, 3.05) is 25.0 Å². The number of urea groups is 1. The first-order valence-corrected chi connectivity index (χ1v) is 8.93. The minimum absolute atomic E-state index is 0.190. The number of carbonyl (C=O) groups excluding carboxylic acids is 2. The van der Waals surface area contributed by atoms with Crippen molar-refractivity contribution in [1.29, 1.82) is 0 Å². The Morgan fingerprint density at radius 1 is 1.42 bits per heavy atom. The molecule has 2 N–H and O–H groups in total. The van der Waals surface area contributed by atoms with Crippen LogP contribution in [0.25, 0.3) is 0 Å². The molecule has 1 saturated carbocycles. The number of rotatable bonds is 6. The molecular formula is C17H27N5O2. The molecule has 1 aliphatic carbocycles. The van der Waals surface area contributed by atoms with Gasteiger partial charge in [-0.25, -0.2) is 9.48 Å². The maximum absolute atomic E-state index is 12.2. The maximum atomic E-state index is 12.2. The number of likely N-dealkylation sites (tertiary alicyclic amines) is 1. The number of hydrogen-bond acceptors (Lipinski definition) is 3. The molecule has 1 saturated heterocycles. The van der Waals surface area contributed by atoms with Gasteiger partial charge in [-0.2, -0.15) is 5.10 Å². The molecule has 2 aliphatic rings. The van der Waals surface area contributed by atoms with E-state index in [9.17, 15) is 9.59 Å². The third-order valence-electron chi connectivity index (χ3n) is 4.99. The molecule has 0 radical (unpaired) electrons. The van der Waals surface area contributed by atoms with Crippen LogP contribution in [0.1, 0.15) is 50.6 Å². The summed E-state index contributed by atoms with van der Waals surface area (Å²) in [5, 5.41) is 10.2. The highest BCUT2D eigenvalue weighted by Crippen LogP contribution is 2.40. The van der Waals surface area contributed by atoms with Gasteiger partial charge in [0.15, 0.2) is 0 Å². The average molecular weight is 333 g/mol. The van der Waals surface area contributed by atoms with Crippen molar-refractivity contribution in [3.63, 3.8) is 0 Å². The molecule has 2 heterocycles. The number of aromatic nitrogens is 2. The minimum Gasteiger partial charge on any atom is -0.341 e. The Morgan fingerprint density at radius 3 is 2.92 bits per heavy atom. The summed E-state index contributed by atoms with van der Waals surface area (Å²) in [5.41, 5.74) is 0.962. The van der Waals surface area contributed by atoms with Crippen LogP contribution in [0.15, 0.2) is 6.20 Å². The van der Waals surface area contributed by atoms with E-state index in [-0.39, 0.29) is 11.9 Å². The van der Waals surface area contributed by atoms with Gasteiger partial charge in [0.25, 0.3) is 0 Å². The lowest BCUT2D eigenvalue weighted by molar-refractivity contribution is -0.133. The number of anilines is 1. The summed E-state index contributed by atoms with van der Waals surface area (Å²) in [4.78, 5) is 25.8. The second-order valence-corrected chi connectivity index (χ2v) is 6.92. The number of nitrogens with one attached hydrogen (secondary N) is 2. The van der Waals surface area contributed by atoms with Gasteiger partial charge >= 0.3 is 6.03 Å². The van der Waals surface area contributed by atoms with Crippen LogP contribution in [-0.4, -0.2) is 46.3 Å². The number of nitrogens with zero attached hydrogens (tertiary/aromatic N) is 3. The van der Waals surface area contributed by atoms with Crippen LogP contribution in [0, 0.1) is 12.8 Å². The molecule has 0 unspecified atom stereocenters. The molecule has 132 valence electrons. The van der Waals surface area contributed by atoms with Crippen molar-refractivity contribution >= 4 is 17.8 Å². The zero-order valence-electron chi connectivity index (χ0n) is 14.5. The molecule has 0 spiro atoms. The molecular weight excluding hydrogens is 306 g/mol. The van der Waals surface area contributed by atoms with E-state index in [0.717, 1.165) is 30.8 Å². The van der Waals surface area contributed by atoms with Gasteiger partial charge in [0, 0.05) is 31.6 Å². The molecule has 1 aliphatic heterocycles. The smallest absolute Gasteiger partial charge is 0.320 e. The van der Waals surface area contributed by atoms with E-state index in [2.05, 4.69) is 22.7 Å². The summed E-state index contributed by atoms with van der Waals surface area (Å²) in [6.45, 7) is 5.93. The number of aryl methyl sites for hydroxylation is 1. The second kappa shape index (κ2) is 7.23. The van der Waals surface area contributed by atoms with Crippen LogP contribution < -0.4 is 10.6 Å². The fraction of sp³-hybridized carbons (Fsp3) is 0.706. The van der Waals surface area contributed by atoms with Crippen molar-refractivity contribution in [2.45, 2.75) is 52.0 Å². The highest BCUT2D eigenvalue weighted by molar-refractivity contribution is 5.89. The van der Waals surface area contributed by atoms with E-state index in [1.165, 1.54) is 12.8 Å². The summed E-state index contributed by atoms with van der Waals surface area (Å²) in [6, 6.07) is 0.0623. The number of piperidine rings is 1. The number of amides is 3. The van der Waals surface area contributed by atoms with Crippen molar-refractivity contribution in [3.05, 3.63) is 11.8 Å². The average Bonchev–Trinajstić information content (AvgIpc) is 3.35. The Kier molecular flexibility index (Phi) is 5.06. The SMILES string of the molecule is Cc1cnn([C@@H](C)C2CC2)c1NC(=O)NCCN1CCCCC1=O. The van der Waals surface area contributed by atoms with Crippen LogP contribution >= 0.6 is 0 Å². The standard InChI is InChI=1S/C17H27N5O2/c1-12-11-19-22(13(2)14-6-7-14)16(12)20-17(24)18-8-10-21-9-4-3-5-15(21)23/h11,13-14H,3-10H2,1-2H3,(H2,18,20,24)/t13-/m0/s1. The van der Waals surface area contributed by atoms with E-state index in [1.807, 2.05) is 16.5 Å². The normalized spacial score (nSPS) is 19.2. The van der Waals surface area contributed by atoms with Gasteiger partial charge in [-0.3, -0.25) is 10.1 Å². The summed E-state index contributed by atoms with van der Waals surface area (Å²) in [5.74, 6) is 1.62. The second-order valence-electron chi connectivity index (χ2n) is 6.92. The highest BCUT2D eigenvalue weighted by Gasteiger charge is 2.31. The molecule has 7 nitrogen and oxygen atoms in total. The molecule has 1 atom stereocenters. The molecule has 1 aromatic rings. The van der Waals surface area contributed by atoms with Gasteiger partial charge in [0.2, 0.25) is 5.91 Å². The van der Waals surface area contributed by atoms with E-state index < -0.39 is 0 Å². The Hall–Kier alpha value is -2.05. The van der Waals surface area contributed by atoms with Gasteiger partial charge in [-0.15, -0.1) is 0 Å². The van der Waals surface area contributed by atoms with Crippen molar-refractivity contribution in [2.24, 2.45) is 5.92 Å². The third kappa shape index (κ3) is 3.88. The lowest BCUT2D eigenvalue weighted by atomic mass is 10.1.